The van der Waals surface area contributed by atoms with Gasteiger partial charge in [-0.3, -0.25) is 0 Å². The molecule has 2 aromatic rings. The standard InChI is InChI=1S/C15H13FO3/c1-10(15(17)18)19-12-8-6-11(7-9-12)13-4-2-3-5-14(13)16/h2-10H,1H3,(H,17,18). The number of hydrogen-bond acceptors (Lipinski definition) is 2. The Morgan fingerprint density at radius 1 is 1.16 bits per heavy atom. The Hall–Kier alpha value is -2.36. The molecule has 3 nitrogen and oxygen atoms in total. The molecule has 0 aliphatic carbocycles. The maximum absolute atomic E-state index is 13.6. The van der Waals surface area contributed by atoms with Gasteiger partial charge in [0, 0.05) is 5.56 Å². The molecule has 98 valence electrons. The Morgan fingerprint density at radius 2 is 1.79 bits per heavy atom. The third-order valence-electron chi connectivity index (χ3n) is 2.70. The molecule has 0 aromatic heterocycles. The van der Waals surface area contributed by atoms with E-state index in [-0.39, 0.29) is 5.82 Å². The zero-order valence-electron chi connectivity index (χ0n) is 10.3. The lowest BCUT2D eigenvalue weighted by Crippen LogP contribution is -2.22. The van der Waals surface area contributed by atoms with Crippen LogP contribution in [0.4, 0.5) is 4.39 Å². The van der Waals surface area contributed by atoms with Crippen LogP contribution in [0.3, 0.4) is 0 Å². The maximum atomic E-state index is 13.6. The molecule has 2 rings (SSSR count). The SMILES string of the molecule is CC(Oc1ccc(-c2ccccc2F)cc1)C(=O)O. The summed E-state index contributed by atoms with van der Waals surface area (Å²) in [5, 5.41) is 8.74. The summed E-state index contributed by atoms with van der Waals surface area (Å²) in [6, 6.07) is 13.1. The molecule has 0 radical (unpaired) electrons. The third-order valence-corrected chi connectivity index (χ3v) is 2.70. The largest absolute Gasteiger partial charge is 0.479 e. The van der Waals surface area contributed by atoms with Crippen LogP contribution in [0.1, 0.15) is 6.92 Å². The second-order valence-electron chi connectivity index (χ2n) is 4.10. The van der Waals surface area contributed by atoms with Crippen molar-refractivity contribution >= 4 is 5.97 Å². The minimum Gasteiger partial charge on any atom is -0.479 e. The van der Waals surface area contributed by atoms with E-state index < -0.39 is 12.1 Å². The number of halogens is 1. The van der Waals surface area contributed by atoms with Crippen LogP contribution in [0.25, 0.3) is 11.1 Å². The molecule has 0 amide bonds. The van der Waals surface area contributed by atoms with Gasteiger partial charge in [-0.1, -0.05) is 30.3 Å². The van der Waals surface area contributed by atoms with E-state index in [0.29, 0.717) is 16.9 Å². The van der Waals surface area contributed by atoms with Crippen LogP contribution in [0.15, 0.2) is 48.5 Å². The molecule has 0 saturated carbocycles. The summed E-state index contributed by atoms with van der Waals surface area (Å²) in [5.74, 6) is -0.886. The highest BCUT2D eigenvalue weighted by Gasteiger charge is 2.12. The van der Waals surface area contributed by atoms with Crippen LogP contribution in [-0.4, -0.2) is 17.2 Å². The molecule has 2 aromatic carbocycles. The van der Waals surface area contributed by atoms with Crippen molar-refractivity contribution in [3.8, 4) is 16.9 Å². The minimum atomic E-state index is -1.03. The first-order chi connectivity index (χ1) is 9.08. The smallest absolute Gasteiger partial charge is 0.344 e. The van der Waals surface area contributed by atoms with Gasteiger partial charge in [-0.25, -0.2) is 9.18 Å². The number of carboxylic acid groups (broad SMARTS) is 1. The lowest BCUT2D eigenvalue weighted by atomic mass is 10.1. The van der Waals surface area contributed by atoms with Crippen LogP contribution in [0.2, 0.25) is 0 Å². The Kier molecular flexibility index (Phi) is 3.80. The van der Waals surface area contributed by atoms with Crippen LogP contribution in [0.5, 0.6) is 5.75 Å². The van der Waals surface area contributed by atoms with E-state index >= 15 is 0 Å². The molecule has 0 bridgehead atoms. The Morgan fingerprint density at radius 3 is 2.37 bits per heavy atom. The molecule has 0 heterocycles. The number of ether oxygens (including phenoxy) is 1. The molecule has 19 heavy (non-hydrogen) atoms. The molecule has 4 heteroatoms. The molecule has 1 unspecified atom stereocenters. The summed E-state index contributed by atoms with van der Waals surface area (Å²) in [5.41, 5.74) is 1.22. The average molecular weight is 260 g/mol. The monoisotopic (exact) mass is 260 g/mol. The number of aliphatic carboxylic acids is 1. The minimum absolute atomic E-state index is 0.296. The number of rotatable bonds is 4. The first kappa shape index (κ1) is 13.1. The van der Waals surface area contributed by atoms with E-state index in [0.717, 1.165) is 0 Å². The lowest BCUT2D eigenvalue weighted by molar-refractivity contribution is -0.144. The Bertz CT molecular complexity index is 578. The lowest BCUT2D eigenvalue weighted by Gasteiger charge is -2.11. The molecule has 1 N–H and O–H groups in total. The van der Waals surface area contributed by atoms with Crippen molar-refractivity contribution in [2.45, 2.75) is 13.0 Å². The summed E-state index contributed by atoms with van der Waals surface area (Å²) in [6.07, 6.45) is -0.917. The number of carbonyl (C=O) groups is 1. The highest BCUT2D eigenvalue weighted by molar-refractivity contribution is 5.72. The summed E-state index contributed by atoms with van der Waals surface area (Å²) in [4.78, 5) is 10.7. The maximum Gasteiger partial charge on any atom is 0.344 e. The first-order valence-corrected chi connectivity index (χ1v) is 5.82. The van der Waals surface area contributed by atoms with Gasteiger partial charge in [0.2, 0.25) is 0 Å². The Balaban J connectivity index is 2.19. The fourth-order valence-electron chi connectivity index (χ4n) is 1.66. The highest BCUT2D eigenvalue weighted by atomic mass is 19.1. The molecule has 0 aliphatic heterocycles. The van der Waals surface area contributed by atoms with Gasteiger partial charge in [0.1, 0.15) is 11.6 Å². The van der Waals surface area contributed by atoms with Crippen LogP contribution in [-0.2, 0) is 4.79 Å². The fraction of sp³-hybridized carbons (Fsp3) is 0.133. The van der Waals surface area contributed by atoms with Gasteiger partial charge in [-0.15, -0.1) is 0 Å². The van der Waals surface area contributed by atoms with Gasteiger partial charge < -0.3 is 9.84 Å². The molecular weight excluding hydrogens is 247 g/mol. The van der Waals surface area contributed by atoms with Crippen LogP contribution in [0, 0.1) is 5.82 Å². The van der Waals surface area contributed by atoms with Crippen molar-refractivity contribution < 1.29 is 19.0 Å². The van der Waals surface area contributed by atoms with E-state index in [1.165, 1.54) is 13.0 Å². The molecule has 0 saturated heterocycles. The van der Waals surface area contributed by atoms with Crippen molar-refractivity contribution in [3.05, 3.63) is 54.3 Å². The van der Waals surface area contributed by atoms with Crippen molar-refractivity contribution in [2.24, 2.45) is 0 Å². The van der Waals surface area contributed by atoms with E-state index in [1.54, 1.807) is 42.5 Å². The van der Waals surface area contributed by atoms with Gasteiger partial charge in [0.25, 0.3) is 0 Å². The number of carboxylic acids is 1. The van der Waals surface area contributed by atoms with E-state index in [9.17, 15) is 9.18 Å². The summed E-state index contributed by atoms with van der Waals surface area (Å²) < 4.78 is 18.8. The van der Waals surface area contributed by atoms with Crippen molar-refractivity contribution in [3.63, 3.8) is 0 Å². The Labute approximate surface area is 110 Å². The molecule has 0 fully saturated rings. The zero-order chi connectivity index (χ0) is 13.8. The summed E-state index contributed by atoms with van der Waals surface area (Å²) in [6.45, 7) is 1.45. The van der Waals surface area contributed by atoms with E-state index in [4.69, 9.17) is 9.84 Å². The van der Waals surface area contributed by atoms with Crippen LogP contribution >= 0.6 is 0 Å². The van der Waals surface area contributed by atoms with Gasteiger partial charge in [0.05, 0.1) is 0 Å². The second-order valence-corrected chi connectivity index (χ2v) is 4.10. The average Bonchev–Trinajstić information content (AvgIpc) is 2.40. The highest BCUT2D eigenvalue weighted by Crippen LogP contribution is 2.25. The predicted molar refractivity (Wildman–Crippen MR) is 69.6 cm³/mol. The second kappa shape index (κ2) is 5.52. The molecule has 1 atom stereocenters. The zero-order valence-corrected chi connectivity index (χ0v) is 10.3. The quantitative estimate of drug-likeness (QED) is 0.917. The summed E-state index contributed by atoms with van der Waals surface area (Å²) in [7, 11) is 0. The van der Waals surface area contributed by atoms with Crippen LogP contribution < -0.4 is 4.74 Å². The van der Waals surface area contributed by atoms with Crippen molar-refractivity contribution in [2.75, 3.05) is 0 Å². The van der Waals surface area contributed by atoms with E-state index in [2.05, 4.69) is 0 Å². The van der Waals surface area contributed by atoms with Crippen molar-refractivity contribution in [1.29, 1.82) is 0 Å². The first-order valence-electron chi connectivity index (χ1n) is 5.82. The normalized spacial score (nSPS) is 11.9. The topological polar surface area (TPSA) is 46.5 Å². The fourth-order valence-corrected chi connectivity index (χ4v) is 1.66. The van der Waals surface area contributed by atoms with Gasteiger partial charge in [-0.2, -0.15) is 0 Å². The number of hydrogen-bond donors (Lipinski definition) is 1. The molecule has 0 aliphatic rings. The van der Waals surface area contributed by atoms with Gasteiger partial charge >= 0.3 is 5.97 Å². The molecule has 0 spiro atoms. The molecular formula is C15H13FO3. The predicted octanol–water partition coefficient (Wildman–Crippen LogP) is 3.34. The van der Waals surface area contributed by atoms with Crippen molar-refractivity contribution in [1.82, 2.24) is 0 Å². The third kappa shape index (κ3) is 3.10. The van der Waals surface area contributed by atoms with Gasteiger partial charge in [0.15, 0.2) is 6.10 Å². The van der Waals surface area contributed by atoms with Gasteiger partial charge in [-0.05, 0) is 30.7 Å². The summed E-state index contributed by atoms with van der Waals surface area (Å²) >= 11 is 0. The van der Waals surface area contributed by atoms with E-state index in [1.807, 2.05) is 0 Å². The number of benzene rings is 2.